The highest BCUT2D eigenvalue weighted by Gasteiger charge is 2.02. The minimum absolute atomic E-state index is 0.845. The average molecular weight is 243 g/mol. The Morgan fingerprint density at radius 2 is 1.78 bits per heavy atom. The zero-order chi connectivity index (χ0) is 12.8. The van der Waals surface area contributed by atoms with Crippen molar-refractivity contribution in [1.29, 1.82) is 0 Å². The molecule has 0 radical (unpaired) electrons. The average Bonchev–Trinajstić information content (AvgIpc) is 2.84. The molecule has 2 aromatic rings. The molecule has 3 nitrogen and oxygen atoms in total. The standard InChI is InChI=1S/C15H21N3/c1-3-13-5-7-14(8-6-13)12-18-15(9-10-17-18)11-16-4-2/h5-10,16H,3-4,11-12H2,1-2H3. The molecule has 1 aromatic carbocycles. The van der Waals surface area contributed by atoms with Crippen LogP contribution in [-0.4, -0.2) is 16.3 Å². The fourth-order valence-electron chi connectivity index (χ4n) is 1.96. The van der Waals surface area contributed by atoms with Gasteiger partial charge in [-0.05, 0) is 30.2 Å². The number of nitrogens with one attached hydrogen (secondary N) is 1. The van der Waals surface area contributed by atoms with Gasteiger partial charge in [-0.15, -0.1) is 0 Å². The van der Waals surface area contributed by atoms with E-state index >= 15 is 0 Å². The molecule has 0 aliphatic heterocycles. The molecular weight excluding hydrogens is 222 g/mol. The van der Waals surface area contributed by atoms with Crippen LogP contribution in [0.15, 0.2) is 36.5 Å². The van der Waals surface area contributed by atoms with Crippen molar-refractivity contribution in [1.82, 2.24) is 15.1 Å². The van der Waals surface area contributed by atoms with E-state index in [2.05, 4.69) is 59.3 Å². The number of hydrogen-bond acceptors (Lipinski definition) is 2. The molecule has 96 valence electrons. The molecule has 1 N–H and O–H groups in total. The van der Waals surface area contributed by atoms with Crippen LogP contribution in [0.25, 0.3) is 0 Å². The first kappa shape index (κ1) is 12.8. The van der Waals surface area contributed by atoms with Gasteiger partial charge in [0.2, 0.25) is 0 Å². The summed E-state index contributed by atoms with van der Waals surface area (Å²) in [6, 6.07) is 10.9. The molecule has 0 saturated carbocycles. The third-order valence-electron chi connectivity index (χ3n) is 3.12. The van der Waals surface area contributed by atoms with Gasteiger partial charge in [-0.25, -0.2) is 0 Å². The maximum atomic E-state index is 4.38. The normalized spacial score (nSPS) is 10.8. The van der Waals surface area contributed by atoms with Gasteiger partial charge in [0.15, 0.2) is 0 Å². The molecule has 3 heteroatoms. The Labute approximate surface area is 109 Å². The molecule has 0 spiro atoms. The maximum Gasteiger partial charge on any atom is 0.0663 e. The molecule has 0 aliphatic rings. The second-order valence-electron chi connectivity index (χ2n) is 4.43. The van der Waals surface area contributed by atoms with Crippen molar-refractivity contribution in [2.45, 2.75) is 33.4 Å². The van der Waals surface area contributed by atoms with E-state index in [9.17, 15) is 0 Å². The minimum atomic E-state index is 0.845. The van der Waals surface area contributed by atoms with Crippen molar-refractivity contribution in [2.75, 3.05) is 6.54 Å². The van der Waals surface area contributed by atoms with E-state index < -0.39 is 0 Å². The summed E-state index contributed by atoms with van der Waals surface area (Å²) in [5.41, 5.74) is 3.91. The summed E-state index contributed by atoms with van der Waals surface area (Å²) in [7, 11) is 0. The van der Waals surface area contributed by atoms with Crippen LogP contribution in [0.2, 0.25) is 0 Å². The lowest BCUT2D eigenvalue weighted by atomic mass is 10.1. The molecular formula is C15H21N3. The Balaban J connectivity index is 2.05. The van der Waals surface area contributed by atoms with Gasteiger partial charge in [0.25, 0.3) is 0 Å². The summed E-state index contributed by atoms with van der Waals surface area (Å²) < 4.78 is 2.06. The van der Waals surface area contributed by atoms with Crippen LogP contribution >= 0.6 is 0 Å². The van der Waals surface area contributed by atoms with Crippen molar-refractivity contribution in [3.63, 3.8) is 0 Å². The third kappa shape index (κ3) is 3.20. The van der Waals surface area contributed by atoms with Crippen LogP contribution in [-0.2, 0) is 19.5 Å². The van der Waals surface area contributed by atoms with Crippen molar-refractivity contribution in [3.05, 3.63) is 53.3 Å². The molecule has 2 rings (SSSR count). The fourth-order valence-corrected chi connectivity index (χ4v) is 1.96. The van der Waals surface area contributed by atoms with E-state index in [0.29, 0.717) is 0 Å². The number of benzene rings is 1. The Hall–Kier alpha value is -1.61. The SMILES string of the molecule is CCNCc1ccnn1Cc1ccc(CC)cc1. The van der Waals surface area contributed by atoms with Gasteiger partial charge in [-0.3, -0.25) is 4.68 Å². The van der Waals surface area contributed by atoms with E-state index in [1.807, 2.05) is 6.20 Å². The Morgan fingerprint density at radius 1 is 1.06 bits per heavy atom. The van der Waals surface area contributed by atoms with E-state index in [1.165, 1.54) is 16.8 Å². The third-order valence-corrected chi connectivity index (χ3v) is 3.12. The molecule has 0 amide bonds. The summed E-state index contributed by atoms with van der Waals surface area (Å²) in [4.78, 5) is 0. The van der Waals surface area contributed by atoms with Crippen molar-refractivity contribution in [2.24, 2.45) is 0 Å². The predicted octanol–water partition coefficient (Wildman–Crippen LogP) is 2.60. The fraction of sp³-hybridized carbons (Fsp3) is 0.400. The summed E-state index contributed by atoms with van der Waals surface area (Å²) >= 11 is 0. The molecule has 0 saturated heterocycles. The van der Waals surface area contributed by atoms with Crippen LogP contribution in [0.5, 0.6) is 0 Å². The second kappa shape index (κ2) is 6.36. The van der Waals surface area contributed by atoms with Crippen LogP contribution in [0.1, 0.15) is 30.7 Å². The van der Waals surface area contributed by atoms with Crippen molar-refractivity contribution < 1.29 is 0 Å². The van der Waals surface area contributed by atoms with Gasteiger partial charge < -0.3 is 5.32 Å². The molecule has 1 aromatic heterocycles. The first-order valence-corrected chi connectivity index (χ1v) is 6.62. The lowest BCUT2D eigenvalue weighted by Gasteiger charge is -2.08. The summed E-state index contributed by atoms with van der Waals surface area (Å²) in [6.07, 6.45) is 2.96. The molecule has 0 unspecified atom stereocenters. The first-order valence-electron chi connectivity index (χ1n) is 6.62. The van der Waals surface area contributed by atoms with E-state index in [1.54, 1.807) is 0 Å². The summed E-state index contributed by atoms with van der Waals surface area (Å²) in [5, 5.41) is 7.72. The molecule has 0 fully saturated rings. The van der Waals surface area contributed by atoms with Gasteiger partial charge in [0.1, 0.15) is 0 Å². The number of aryl methyl sites for hydroxylation is 1. The zero-order valence-corrected chi connectivity index (χ0v) is 11.2. The highest BCUT2D eigenvalue weighted by atomic mass is 15.3. The Morgan fingerprint density at radius 3 is 2.44 bits per heavy atom. The smallest absolute Gasteiger partial charge is 0.0663 e. The lowest BCUT2D eigenvalue weighted by molar-refractivity contribution is 0.605. The molecule has 1 heterocycles. The van der Waals surface area contributed by atoms with Crippen LogP contribution in [0.4, 0.5) is 0 Å². The second-order valence-corrected chi connectivity index (χ2v) is 4.43. The minimum Gasteiger partial charge on any atom is -0.311 e. The number of aromatic nitrogens is 2. The van der Waals surface area contributed by atoms with Gasteiger partial charge in [-0.1, -0.05) is 38.1 Å². The van der Waals surface area contributed by atoms with E-state index in [4.69, 9.17) is 0 Å². The van der Waals surface area contributed by atoms with E-state index in [-0.39, 0.29) is 0 Å². The highest BCUT2D eigenvalue weighted by molar-refractivity contribution is 5.23. The first-order chi connectivity index (χ1) is 8.83. The molecule has 18 heavy (non-hydrogen) atoms. The van der Waals surface area contributed by atoms with E-state index in [0.717, 1.165) is 26.1 Å². The highest BCUT2D eigenvalue weighted by Crippen LogP contribution is 2.08. The maximum absolute atomic E-state index is 4.38. The summed E-state index contributed by atoms with van der Waals surface area (Å²) in [6.45, 7) is 7.00. The van der Waals surface area contributed by atoms with Crippen molar-refractivity contribution in [3.8, 4) is 0 Å². The molecule has 0 atom stereocenters. The molecule has 0 aliphatic carbocycles. The van der Waals surface area contributed by atoms with Gasteiger partial charge in [0.05, 0.1) is 12.2 Å². The monoisotopic (exact) mass is 243 g/mol. The van der Waals surface area contributed by atoms with Gasteiger partial charge >= 0.3 is 0 Å². The van der Waals surface area contributed by atoms with Crippen molar-refractivity contribution >= 4 is 0 Å². The number of rotatable bonds is 6. The quantitative estimate of drug-likeness (QED) is 0.845. The lowest BCUT2D eigenvalue weighted by Crippen LogP contribution is -2.16. The summed E-state index contributed by atoms with van der Waals surface area (Å²) in [5.74, 6) is 0. The largest absolute Gasteiger partial charge is 0.311 e. The van der Waals surface area contributed by atoms with Crippen LogP contribution < -0.4 is 5.32 Å². The van der Waals surface area contributed by atoms with Crippen LogP contribution in [0, 0.1) is 0 Å². The van der Waals surface area contributed by atoms with Gasteiger partial charge in [-0.2, -0.15) is 5.10 Å². The zero-order valence-electron chi connectivity index (χ0n) is 11.2. The number of nitrogens with zero attached hydrogens (tertiary/aromatic N) is 2. The number of hydrogen-bond donors (Lipinski definition) is 1. The van der Waals surface area contributed by atoms with Crippen LogP contribution in [0.3, 0.4) is 0 Å². The molecule has 0 bridgehead atoms. The predicted molar refractivity (Wildman–Crippen MR) is 74.5 cm³/mol. The Bertz CT molecular complexity index is 471. The topological polar surface area (TPSA) is 29.9 Å². The van der Waals surface area contributed by atoms with Gasteiger partial charge in [0, 0.05) is 12.7 Å². The Kier molecular flexibility index (Phi) is 4.53.